The van der Waals surface area contributed by atoms with Crippen molar-refractivity contribution in [1.29, 1.82) is 0 Å². The summed E-state index contributed by atoms with van der Waals surface area (Å²) >= 11 is 0.989. The molecule has 0 spiro atoms. The molecule has 4 aromatic rings. The van der Waals surface area contributed by atoms with Crippen LogP contribution in [-0.2, 0) is 11.2 Å². The highest BCUT2D eigenvalue weighted by Gasteiger charge is 2.24. The standard InChI is InChI=1S/C24H17F2N3O5S/c1-33-20-9-2-13(12-27-20)10-17(22(30)14-3-6-16(7-4-14)34-24(25)26)21(23(31)32)15-5-8-18-19(11-15)29-35-28-18/h2-9,11-12,24H,10H2,1H3,(H,31,32). The minimum absolute atomic E-state index is 0.0190. The molecule has 0 saturated heterocycles. The van der Waals surface area contributed by atoms with Crippen LogP contribution in [0.4, 0.5) is 8.78 Å². The van der Waals surface area contributed by atoms with Crippen LogP contribution >= 0.6 is 11.7 Å². The first kappa shape index (κ1) is 23.9. The van der Waals surface area contributed by atoms with E-state index in [0.29, 0.717) is 22.5 Å². The van der Waals surface area contributed by atoms with E-state index < -0.39 is 18.4 Å². The zero-order valence-corrected chi connectivity index (χ0v) is 19.0. The summed E-state index contributed by atoms with van der Waals surface area (Å²) in [6.07, 6.45) is 1.43. The molecule has 2 aromatic carbocycles. The molecule has 0 aliphatic carbocycles. The third-order valence-corrected chi connectivity index (χ3v) is 5.62. The second kappa shape index (κ2) is 10.3. The Hall–Kier alpha value is -4.25. The summed E-state index contributed by atoms with van der Waals surface area (Å²) in [5.74, 6) is -1.66. The molecule has 8 nitrogen and oxygen atoms in total. The van der Waals surface area contributed by atoms with Gasteiger partial charge in [0.1, 0.15) is 16.8 Å². The molecular formula is C24H17F2N3O5S. The van der Waals surface area contributed by atoms with Gasteiger partial charge in [-0.1, -0.05) is 12.1 Å². The average Bonchev–Trinajstić information content (AvgIpc) is 3.31. The first-order valence-corrected chi connectivity index (χ1v) is 10.9. The minimum atomic E-state index is -3.01. The van der Waals surface area contributed by atoms with Gasteiger partial charge in [0.05, 0.1) is 24.4 Å². The fraction of sp³-hybridized carbons (Fsp3) is 0.125. The molecule has 0 saturated carbocycles. The maximum absolute atomic E-state index is 13.6. The van der Waals surface area contributed by atoms with Crippen LogP contribution in [0.1, 0.15) is 21.5 Å². The number of fused-ring (bicyclic) bond motifs is 1. The minimum Gasteiger partial charge on any atom is -0.481 e. The van der Waals surface area contributed by atoms with Crippen LogP contribution in [0.15, 0.2) is 66.4 Å². The van der Waals surface area contributed by atoms with Crippen LogP contribution in [0.25, 0.3) is 16.6 Å². The number of carbonyl (C=O) groups excluding carboxylic acids is 1. The molecule has 0 unspecified atom stereocenters. The lowest BCUT2D eigenvalue weighted by molar-refractivity contribution is -0.130. The Morgan fingerprint density at radius 2 is 1.71 bits per heavy atom. The van der Waals surface area contributed by atoms with Crippen molar-refractivity contribution < 1.29 is 33.0 Å². The van der Waals surface area contributed by atoms with E-state index in [1.165, 1.54) is 37.6 Å². The number of carboxylic acid groups (broad SMARTS) is 1. The SMILES string of the molecule is COc1ccc(CC(C(=O)c2ccc(OC(F)F)cc2)=C(C(=O)O)c2ccc3nsnc3c2)cn1. The molecule has 0 bridgehead atoms. The van der Waals surface area contributed by atoms with E-state index in [0.717, 1.165) is 11.7 Å². The molecule has 0 radical (unpaired) electrons. The molecule has 178 valence electrons. The number of aliphatic carboxylic acids is 1. The number of benzene rings is 2. The van der Waals surface area contributed by atoms with Gasteiger partial charge in [-0.2, -0.15) is 17.5 Å². The van der Waals surface area contributed by atoms with Gasteiger partial charge in [-0.05, 0) is 47.5 Å². The number of Topliss-reactive ketones (excluding diaryl/α,β-unsaturated/α-hetero) is 1. The molecule has 1 N–H and O–H groups in total. The molecule has 2 aromatic heterocycles. The maximum atomic E-state index is 13.6. The predicted octanol–water partition coefficient (Wildman–Crippen LogP) is 4.66. The van der Waals surface area contributed by atoms with Crippen molar-refractivity contribution in [3.63, 3.8) is 0 Å². The number of ether oxygens (including phenoxy) is 2. The van der Waals surface area contributed by atoms with Crippen LogP contribution in [0.2, 0.25) is 0 Å². The number of carboxylic acids is 1. The number of methoxy groups -OCH3 is 1. The summed E-state index contributed by atoms with van der Waals surface area (Å²) in [6.45, 7) is -3.01. The molecule has 0 fully saturated rings. The van der Waals surface area contributed by atoms with Crippen LogP contribution < -0.4 is 9.47 Å². The van der Waals surface area contributed by atoms with Crippen molar-refractivity contribution in [2.24, 2.45) is 0 Å². The smallest absolute Gasteiger partial charge is 0.387 e. The van der Waals surface area contributed by atoms with E-state index in [-0.39, 0.29) is 34.4 Å². The van der Waals surface area contributed by atoms with E-state index in [9.17, 15) is 23.5 Å². The first-order valence-electron chi connectivity index (χ1n) is 10.1. The number of rotatable bonds is 9. The summed E-state index contributed by atoms with van der Waals surface area (Å²) in [5, 5.41) is 10.1. The quantitative estimate of drug-likeness (QED) is 0.263. The van der Waals surface area contributed by atoms with Gasteiger partial charge in [-0.25, -0.2) is 9.78 Å². The van der Waals surface area contributed by atoms with Gasteiger partial charge >= 0.3 is 12.6 Å². The number of nitrogens with zero attached hydrogens (tertiary/aromatic N) is 3. The van der Waals surface area contributed by atoms with Gasteiger partial charge in [-0.15, -0.1) is 0 Å². The van der Waals surface area contributed by atoms with Crippen molar-refractivity contribution in [2.75, 3.05) is 7.11 Å². The molecule has 0 atom stereocenters. The third-order valence-electron chi connectivity index (χ3n) is 5.06. The number of hydrogen-bond acceptors (Lipinski definition) is 8. The average molecular weight is 497 g/mol. The fourth-order valence-corrected chi connectivity index (χ4v) is 3.97. The predicted molar refractivity (Wildman–Crippen MR) is 124 cm³/mol. The lowest BCUT2D eigenvalue weighted by atomic mass is 9.89. The van der Waals surface area contributed by atoms with E-state index in [2.05, 4.69) is 18.5 Å². The Labute approximate surface area is 201 Å². The van der Waals surface area contributed by atoms with Gasteiger partial charge in [0.2, 0.25) is 5.88 Å². The van der Waals surface area contributed by atoms with Gasteiger partial charge in [0.15, 0.2) is 5.78 Å². The summed E-state index contributed by atoms with van der Waals surface area (Å²) in [6, 6.07) is 13.1. The number of ketones is 1. The number of pyridine rings is 1. The number of aromatic nitrogens is 3. The molecule has 0 amide bonds. The van der Waals surface area contributed by atoms with Gasteiger partial charge < -0.3 is 14.6 Å². The van der Waals surface area contributed by atoms with E-state index >= 15 is 0 Å². The Kier molecular flexibility index (Phi) is 7.06. The van der Waals surface area contributed by atoms with Crippen molar-refractivity contribution >= 4 is 40.1 Å². The zero-order chi connectivity index (χ0) is 24.9. The van der Waals surface area contributed by atoms with Gasteiger partial charge in [0, 0.05) is 29.8 Å². The summed E-state index contributed by atoms with van der Waals surface area (Å²) < 4.78 is 42.6. The molecular weight excluding hydrogens is 480 g/mol. The highest BCUT2D eigenvalue weighted by molar-refractivity contribution is 7.00. The Morgan fingerprint density at radius 1 is 1.00 bits per heavy atom. The van der Waals surface area contributed by atoms with Crippen molar-refractivity contribution in [3.05, 3.63) is 83.1 Å². The number of alkyl halides is 2. The molecule has 4 rings (SSSR count). The normalized spacial score (nSPS) is 11.9. The molecule has 0 aliphatic heterocycles. The Morgan fingerprint density at radius 3 is 2.34 bits per heavy atom. The second-order valence-electron chi connectivity index (χ2n) is 7.24. The zero-order valence-electron chi connectivity index (χ0n) is 18.1. The first-order chi connectivity index (χ1) is 16.9. The van der Waals surface area contributed by atoms with E-state index in [1.54, 1.807) is 30.3 Å². The number of allylic oxidation sites excluding steroid dienone is 1. The second-order valence-corrected chi connectivity index (χ2v) is 7.77. The van der Waals surface area contributed by atoms with Crippen LogP contribution in [0, 0.1) is 0 Å². The summed E-state index contributed by atoms with van der Waals surface area (Å²) in [7, 11) is 1.46. The number of halogens is 2. The number of carbonyl (C=O) groups is 2. The van der Waals surface area contributed by atoms with Crippen LogP contribution in [0.5, 0.6) is 11.6 Å². The van der Waals surface area contributed by atoms with E-state index in [1.807, 2.05) is 0 Å². The van der Waals surface area contributed by atoms with Gasteiger partial charge in [-0.3, -0.25) is 4.79 Å². The largest absolute Gasteiger partial charge is 0.481 e. The van der Waals surface area contributed by atoms with Crippen LogP contribution in [-0.4, -0.2) is 44.3 Å². The maximum Gasteiger partial charge on any atom is 0.387 e. The monoisotopic (exact) mass is 497 g/mol. The topological polar surface area (TPSA) is 112 Å². The fourth-order valence-electron chi connectivity index (χ4n) is 3.45. The van der Waals surface area contributed by atoms with Crippen molar-refractivity contribution in [3.8, 4) is 11.6 Å². The third kappa shape index (κ3) is 5.46. The molecule has 11 heteroatoms. The lowest BCUT2D eigenvalue weighted by Gasteiger charge is -2.14. The van der Waals surface area contributed by atoms with Crippen LogP contribution in [0.3, 0.4) is 0 Å². The molecule has 2 heterocycles. The van der Waals surface area contributed by atoms with Crippen molar-refractivity contribution in [1.82, 2.24) is 13.7 Å². The summed E-state index contributed by atoms with van der Waals surface area (Å²) in [5.41, 5.74) is 1.83. The Bertz CT molecular complexity index is 1400. The molecule has 0 aliphatic rings. The van der Waals surface area contributed by atoms with E-state index in [4.69, 9.17) is 4.74 Å². The van der Waals surface area contributed by atoms with Crippen molar-refractivity contribution in [2.45, 2.75) is 13.0 Å². The number of hydrogen-bond donors (Lipinski definition) is 1. The highest BCUT2D eigenvalue weighted by Crippen LogP contribution is 2.28. The van der Waals surface area contributed by atoms with Gasteiger partial charge in [0.25, 0.3) is 0 Å². The molecule has 35 heavy (non-hydrogen) atoms. The highest BCUT2D eigenvalue weighted by atomic mass is 32.1. The summed E-state index contributed by atoms with van der Waals surface area (Å²) in [4.78, 5) is 30.1. The Balaban J connectivity index is 1.83. The lowest BCUT2D eigenvalue weighted by Crippen LogP contribution is -2.14.